The molecule has 6 heteroatoms. The first-order chi connectivity index (χ1) is 9.65. The molecule has 0 aliphatic carbocycles. The predicted octanol–water partition coefficient (Wildman–Crippen LogP) is 3.57. The van der Waals surface area contributed by atoms with E-state index in [1.165, 1.54) is 0 Å². The zero-order valence-corrected chi connectivity index (χ0v) is 12.5. The number of halogens is 2. The van der Waals surface area contributed by atoms with Crippen molar-refractivity contribution in [3.8, 4) is 5.75 Å². The van der Waals surface area contributed by atoms with Gasteiger partial charge in [0, 0.05) is 30.3 Å². The lowest BCUT2D eigenvalue weighted by Gasteiger charge is -2.07. The Kier molecular flexibility index (Phi) is 8.07. The lowest BCUT2D eigenvalue weighted by atomic mass is 10.2. The predicted molar refractivity (Wildman–Crippen MR) is 80.6 cm³/mol. The Balaban J connectivity index is 2.43. The van der Waals surface area contributed by atoms with Crippen LogP contribution in [-0.2, 0) is 9.59 Å². The van der Waals surface area contributed by atoms with Crippen molar-refractivity contribution >= 4 is 40.8 Å². The van der Waals surface area contributed by atoms with Crippen LogP contribution in [0.3, 0.4) is 0 Å². The quantitative estimate of drug-likeness (QED) is 0.453. The first kappa shape index (κ1) is 16.8. The van der Waals surface area contributed by atoms with Crippen LogP contribution in [-0.4, -0.2) is 23.6 Å². The maximum Gasteiger partial charge on any atom is 0.311 e. The third kappa shape index (κ3) is 6.78. The van der Waals surface area contributed by atoms with Crippen LogP contribution >= 0.6 is 23.2 Å². The molecule has 0 fully saturated rings. The monoisotopic (exact) mass is 317 g/mol. The molecule has 0 unspecified atom stereocenters. The van der Waals surface area contributed by atoms with E-state index in [-0.39, 0.29) is 11.9 Å². The molecule has 4 nitrogen and oxygen atoms in total. The van der Waals surface area contributed by atoms with Gasteiger partial charge in [-0.05, 0) is 37.1 Å². The highest BCUT2D eigenvalue weighted by molar-refractivity contribution is 6.18. The molecule has 20 heavy (non-hydrogen) atoms. The van der Waals surface area contributed by atoms with Gasteiger partial charge in [0.2, 0.25) is 5.91 Å². The third-order valence-corrected chi connectivity index (χ3v) is 2.96. The molecule has 0 aromatic heterocycles. The summed E-state index contributed by atoms with van der Waals surface area (Å²) in [6.45, 7) is 0. The van der Waals surface area contributed by atoms with Crippen LogP contribution in [0, 0.1) is 0 Å². The van der Waals surface area contributed by atoms with E-state index in [9.17, 15) is 9.59 Å². The van der Waals surface area contributed by atoms with Gasteiger partial charge in [0.25, 0.3) is 0 Å². The fourth-order valence-corrected chi connectivity index (χ4v) is 1.72. The van der Waals surface area contributed by atoms with Gasteiger partial charge in [0.15, 0.2) is 0 Å². The normalized spacial score (nSPS) is 10.1. The Morgan fingerprint density at radius 1 is 1.00 bits per heavy atom. The van der Waals surface area contributed by atoms with Crippen LogP contribution < -0.4 is 10.1 Å². The van der Waals surface area contributed by atoms with Crippen molar-refractivity contribution in [1.82, 2.24) is 0 Å². The Bertz CT molecular complexity index is 394. The number of esters is 1. The van der Waals surface area contributed by atoms with Crippen LogP contribution in [0.2, 0.25) is 0 Å². The Hall–Kier alpha value is -1.26. The van der Waals surface area contributed by atoms with Crippen molar-refractivity contribution in [1.29, 1.82) is 0 Å². The van der Waals surface area contributed by atoms with E-state index in [1.54, 1.807) is 24.3 Å². The van der Waals surface area contributed by atoms with Crippen molar-refractivity contribution in [2.24, 2.45) is 0 Å². The molecule has 0 atom stereocenters. The van der Waals surface area contributed by atoms with Gasteiger partial charge in [-0.1, -0.05) is 0 Å². The van der Waals surface area contributed by atoms with Crippen molar-refractivity contribution < 1.29 is 14.3 Å². The highest BCUT2D eigenvalue weighted by Gasteiger charge is 2.05. The molecule has 1 aromatic rings. The Morgan fingerprint density at radius 3 is 2.20 bits per heavy atom. The van der Waals surface area contributed by atoms with Crippen LogP contribution in [0.1, 0.15) is 25.7 Å². The van der Waals surface area contributed by atoms with Crippen LogP contribution in [0.25, 0.3) is 0 Å². The molecule has 0 saturated carbocycles. The maximum absolute atomic E-state index is 11.5. The summed E-state index contributed by atoms with van der Waals surface area (Å²) >= 11 is 11.0. The fourth-order valence-electron chi connectivity index (χ4n) is 1.45. The Labute approximate surface area is 128 Å². The van der Waals surface area contributed by atoms with Crippen molar-refractivity contribution in [3.05, 3.63) is 24.3 Å². The second kappa shape index (κ2) is 9.61. The molecule has 1 amide bonds. The largest absolute Gasteiger partial charge is 0.427 e. The average molecular weight is 318 g/mol. The van der Waals surface area contributed by atoms with Crippen LogP contribution in [0.5, 0.6) is 5.75 Å². The lowest BCUT2D eigenvalue weighted by Crippen LogP contribution is -2.11. The number of amides is 1. The van der Waals surface area contributed by atoms with Gasteiger partial charge in [0.1, 0.15) is 5.75 Å². The van der Waals surface area contributed by atoms with Gasteiger partial charge in [0.05, 0.1) is 0 Å². The topological polar surface area (TPSA) is 55.4 Å². The van der Waals surface area contributed by atoms with Gasteiger partial charge in [-0.25, -0.2) is 0 Å². The first-order valence-electron chi connectivity index (χ1n) is 6.38. The summed E-state index contributed by atoms with van der Waals surface area (Å²) in [5.41, 5.74) is 0.658. The molecule has 0 aliphatic heterocycles. The number of carbonyl (C=O) groups is 2. The van der Waals surface area contributed by atoms with Gasteiger partial charge in [-0.3, -0.25) is 9.59 Å². The first-order valence-corrected chi connectivity index (χ1v) is 7.45. The van der Waals surface area contributed by atoms with Gasteiger partial charge in [-0.15, -0.1) is 23.2 Å². The van der Waals surface area contributed by atoms with Gasteiger partial charge in [-0.2, -0.15) is 0 Å². The van der Waals surface area contributed by atoms with Gasteiger partial charge >= 0.3 is 5.97 Å². The highest BCUT2D eigenvalue weighted by atomic mass is 35.5. The minimum Gasteiger partial charge on any atom is -0.427 e. The van der Waals surface area contributed by atoms with Crippen molar-refractivity contribution in [3.63, 3.8) is 0 Å². The van der Waals surface area contributed by atoms with Gasteiger partial charge < -0.3 is 10.1 Å². The summed E-state index contributed by atoms with van der Waals surface area (Å²) in [6.07, 6.45) is 1.91. The lowest BCUT2D eigenvalue weighted by molar-refractivity contribution is -0.134. The number of anilines is 1. The number of alkyl halides is 2. The minimum atomic E-state index is -0.315. The number of rotatable bonds is 8. The average Bonchev–Trinajstić information content (AvgIpc) is 2.45. The molecule has 1 aromatic carbocycles. The molecule has 1 rings (SSSR count). The van der Waals surface area contributed by atoms with E-state index in [4.69, 9.17) is 27.9 Å². The number of hydrogen-bond donors (Lipinski definition) is 1. The number of carbonyl (C=O) groups excluding carboxylic acids is 2. The number of ether oxygens (including phenoxy) is 1. The third-order valence-electron chi connectivity index (χ3n) is 2.42. The summed E-state index contributed by atoms with van der Waals surface area (Å²) in [4.78, 5) is 22.9. The molecular formula is C14H17Cl2NO3. The standard InChI is InChI=1S/C14H17Cl2NO3/c15-9-1-3-13(18)17-11-5-7-12(8-6-11)20-14(19)4-2-10-16/h5-8H,1-4,9-10H2,(H,17,18). The smallest absolute Gasteiger partial charge is 0.311 e. The summed E-state index contributed by atoms with van der Waals surface area (Å²) < 4.78 is 5.11. The molecular weight excluding hydrogens is 301 g/mol. The SMILES string of the molecule is O=C(CCCCl)Nc1ccc(OC(=O)CCCCl)cc1. The summed E-state index contributed by atoms with van der Waals surface area (Å²) in [5.74, 6) is 0.942. The Morgan fingerprint density at radius 2 is 1.60 bits per heavy atom. The molecule has 0 radical (unpaired) electrons. The van der Waals surface area contributed by atoms with E-state index in [0.29, 0.717) is 48.9 Å². The van der Waals surface area contributed by atoms with Crippen molar-refractivity contribution in [2.45, 2.75) is 25.7 Å². The zero-order chi connectivity index (χ0) is 14.8. The molecule has 110 valence electrons. The second-order valence-corrected chi connectivity index (χ2v) is 4.89. The maximum atomic E-state index is 11.5. The van der Waals surface area contributed by atoms with Crippen molar-refractivity contribution in [2.75, 3.05) is 17.1 Å². The van der Waals surface area contributed by atoms with E-state index in [1.807, 2.05) is 0 Å². The minimum absolute atomic E-state index is 0.0856. The second-order valence-electron chi connectivity index (χ2n) is 4.13. The molecule has 0 heterocycles. The molecule has 0 spiro atoms. The number of hydrogen-bond acceptors (Lipinski definition) is 3. The zero-order valence-electron chi connectivity index (χ0n) is 11.0. The van der Waals surface area contributed by atoms with E-state index >= 15 is 0 Å². The van der Waals surface area contributed by atoms with Crippen LogP contribution in [0.4, 0.5) is 5.69 Å². The van der Waals surface area contributed by atoms with E-state index < -0.39 is 0 Å². The molecule has 0 bridgehead atoms. The summed E-state index contributed by atoms with van der Waals surface area (Å²) in [7, 11) is 0. The summed E-state index contributed by atoms with van der Waals surface area (Å²) in [6, 6.07) is 6.64. The van der Waals surface area contributed by atoms with E-state index in [0.717, 1.165) is 0 Å². The molecule has 1 N–H and O–H groups in total. The molecule has 0 saturated heterocycles. The fraction of sp³-hybridized carbons (Fsp3) is 0.429. The van der Waals surface area contributed by atoms with Crippen LogP contribution in [0.15, 0.2) is 24.3 Å². The number of benzene rings is 1. The van der Waals surface area contributed by atoms with E-state index in [2.05, 4.69) is 5.32 Å². The number of nitrogens with one attached hydrogen (secondary N) is 1. The summed E-state index contributed by atoms with van der Waals surface area (Å²) in [5, 5.41) is 2.74. The highest BCUT2D eigenvalue weighted by Crippen LogP contribution is 2.16. The molecule has 0 aliphatic rings.